The highest BCUT2D eigenvalue weighted by molar-refractivity contribution is 5.92. The summed E-state index contributed by atoms with van der Waals surface area (Å²) in [7, 11) is 1.37. The molecule has 1 aromatic rings. The average molecular weight is 373 g/mol. The monoisotopic (exact) mass is 373 g/mol. The van der Waals surface area contributed by atoms with Crippen LogP contribution in [0.15, 0.2) is 18.2 Å². The van der Waals surface area contributed by atoms with Gasteiger partial charge in [0.2, 0.25) is 0 Å². The first-order valence-corrected chi connectivity index (χ1v) is 9.22. The van der Waals surface area contributed by atoms with Crippen LogP contribution in [0, 0.1) is 6.92 Å². The van der Waals surface area contributed by atoms with E-state index in [-0.39, 0.29) is 12.1 Å². The van der Waals surface area contributed by atoms with Crippen molar-refractivity contribution in [3.05, 3.63) is 34.9 Å². The van der Waals surface area contributed by atoms with Crippen LogP contribution in [0.25, 0.3) is 6.08 Å². The van der Waals surface area contributed by atoms with Gasteiger partial charge in [0.15, 0.2) is 0 Å². The van der Waals surface area contributed by atoms with Crippen molar-refractivity contribution in [1.29, 1.82) is 0 Å². The Labute approximate surface area is 160 Å². The van der Waals surface area contributed by atoms with Crippen LogP contribution >= 0.6 is 0 Å². The molecule has 0 N–H and O–H groups in total. The highest BCUT2D eigenvalue weighted by Gasteiger charge is 2.39. The van der Waals surface area contributed by atoms with Crippen LogP contribution in [0.5, 0.6) is 5.75 Å². The number of methoxy groups -OCH3 is 1. The Kier molecular flexibility index (Phi) is 4.93. The van der Waals surface area contributed by atoms with Crippen molar-refractivity contribution >= 4 is 18.1 Å². The molecule has 3 rings (SSSR count). The molecule has 0 unspecified atom stereocenters. The molecular weight excluding hydrogens is 346 g/mol. The quantitative estimate of drug-likeness (QED) is 0.697. The Hall–Kier alpha value is -2.50. The molecule has 2 aliphatic heterocycles. The number of fused-ring (bicyclic) bond motifs is 1. The first kappa shape index (κ1) is 19.3. The Morgan fingerprint density at radius 2 is 1.85 bits per heavy atom. The molecule has 1 amide bonds. The summed E-state index contributed by atoms with van der Waals surface area (Å²) in [4.78, 5) is 26.0. The minimum atomic E-state index is -0.505. The molecule has 0 aliphatic carbocycles. The van der Waals surface area contributed by atoms with Crippen LogP contribution < -0.4 is 4.74 Å². The Morgan fingerprint density at radius 3 is 2.44 bits per heavy atom. The lowest BCUT2D eigenvalue weighted by atomic mass is 9.87. The highest BCUT2D eigenvalue weighted by atomic mass is 16.6. The van der Waals surface area contributed by atoms with Crippen LogP contribution in [-0.2, 0) is 9.47 Å². The van der Waals surface area contributed by atoms with Gasteiger partial charge in [-0.3, -0.25) is 0 Å². The zero-order valence-corrected chi connectivity index (χ0v) is 16.6. The zero-order valence-electron chi connectivity index (χ0n) is 16.6. The minimum absolute atomic E-state index is 0.291. The van der Waals surface area contributed by atoms with E-state index in [2.05, 4.69) is 6.08 Å². The van der Waals surface area contributed by atoms with E-state index >= 15 is 0 Å². The van der Waals surface area contributed by atoms with Crippen molar-refractivity contribution in [3.63, 3.8) is 0 Å². The van der Waals surface area contributed by atoms with Crippen molar-refractivity contribution in [2.24, 2.45) is 0 Å². The second-order valence-electron chi connectivity index (χ2n) is 8.16. The number of carbonyl (C=O) groups excluding carboxylic acids is 2. The van der Waals surface area contributed by atoms with Crippen LogP contribution in [-0.4, -0.2) is 48.4 Å². The SMILES string of the molecule is COC(=O)c1cc2c(cc1C)C=CC1(CCN(C(=O)OC(C)(C)C)CC1)O2. The van der Waals surface area contributed by atoms with Gasteiger partial charge in [0, 0.05) is 31.5 Å². The number of hydrogen-bond acceptors (Lipinski definition) is 5. The van der Waals surface area contributed by atoms with E-state index in [1.165, 1.54) is 7.11 Å². The summed E-state index contributed by atoms with van der Waals surface area (Å²) in [5.74, 6) is 0.302. The lowest BCUT2D eigenvalue weighted by Gasteiger charge is -2.42. The molecule has 6 heteroatoms. The molecule has 1 fully saturated rings. The van der Waals surface area contributed by atoms with Gasteiger partial charge in [0.1, 0.15) is 17.0 Å². The molecule has 1 aromatic carbocycles. The summed E-state index contributed by atoms with van der Waals surface area (Å²) < 4.78 is 16.6. The number of amides is 1. The predicted octanol–water partition coefficient (Wildman–Crippen LogP) is 3.96. The van der Waals surface area contributed by atoms with Gasteiger partial charge < -0.3 is 19.1 Å². The molecule has 146 valence electrons. The maximum Gasteiger partial charge on any atom is 0.410 e. The fraction of sp³-hybridized carbons (Fsp3) is 0.524. The van der Waals surface area contributed by atoms with E-state index in [1.807, 2.05) is 39.8 Å². The molecular formula is C21H27NO5. The fourth-order valence-corrected chi connectivity index (χ4v) is 3.42. The third-order valence-electron chi connectivity index (χ3n) is 4.90. The maximum absolute atomic E-state index is 12.3. The summed E-state index contributed by atoms with van der Waals surface area (Å²) in [5.41, 5.74) is 1.33. The first-order valence-electron chi connectivity index (χ1n) is 9.22. The number of nitrogens with zero attached hydrogens (tertiary/aromatic N) is 1. The summed E-state index contributed by atoms with van der Waals surface area (Å²) in [6, 6.07) is 3.68. The van der Waals surface area contributed by atoms with Crippen molar-refractivity contribution in [1.82, 2.24) is 4.90 Å². The van der Waals surface area contributed by atoms with Gasteiger partial charge in [0.05, 0.1) is 12.7 Å². The third-order valence-corrected chi connectivity index (χ3v) is 4.90. The molecule has 0 bridgehead atoms. The van der Waals surface area contributed by atoms with Crippen molar-refractivity contribution < 1.29 is 23.8 Å². The standard InChI is InChI=1S/C21H27NO5/c1-14-12-15-6-7-21(26-17(15)13-16(14)18(23)25-5)8-10-22(11-9-21)19(24)27-20(2,3)4/h6-7,12-13H,8-11H2,1-5H3. The summed E-state index contributed by atoms with van der Waals surface area (Å²) in [6.07, 6.45) is 5.16. The summed E-state index contributed by atoms with van der Waals surface area (Å²) in [6.45, 7) is 8.59. The van der Waals surface area contributed by atoms with Crippen molar-refractivity contribution in [2.45, 2.75) is 51.7 Å². The van der Waals surface area contributed by atoms with E-state index in [1.54, 1.807) is 11.0 Å². The third kappa shape index (κ3) is 4.10. The smallest absolute Gasteiger partial charge is 0.410 e. The number of aryl methyl sites for hydroxylation is 1. The van der Waals surface area contributed by atoms with E-state index in [0.29, 0.717) is 37.2 Å². The Morgan fingerprint density at radius 1 is 1.19 bits per heavy atom. The molecule has 0 atom stereocenters. The number of likely N-dealkylation sites (tertiary alicyclic amines) is 1. The molecule has 0 saturated carbocycles. The van der Waals surface area contributed by atoms with Crippen LogP contribution in [0.1, 0.15) is 55.1 Å². The topological polar surface area (TPSA) is 65.1 Å². The second-order valence-corrected chi connectivity index (χ2v) is 8.16. The van der Waals surface area contributed by atoms with E-state index in [4.69, 9.17) is 14.2 Å². The van der Waals surface area contributed by atoms with Gasteiger partial charge in [-0.1, -0.05) is 6.08 Å². The van der Waals surface area contributed by atoms with Crippen molar-refractivity contribution in [2.75, 3.05) is 20.2 Å². The highest BCUT2D eigenvalue weighted by Crippen LogP contribution is 2.38. The van der Waals surface area contributed by atoms with Gasteiger partial charge in [-0.25, -0.2) is 9.59 Å². The second kappa shape index (κ2) is 6.91. The summed E-state index contributed by atoms with van der Waals surface area (Å²) in [5, 5.41) is 0. The zero-order chi connectivity index (χ0) is 19.8. The van der Waals surface area contributed by atoms with Crippen LogP contribution in [0.3, 0.4) is 0 Å². The lowest BCUT2D eigenvalue weighted by molar-refractivity contribution is -0.00111. The van der Waals surface area contributed by atoms with E-state index in [0.717, 1.165) is 11.1 Å². The molecule has 0 radical (unpaired) electrons. The van der Waals surface area contributed by atoms with E-state index in [9.17, 15) is 9.59 Å². The number of carbonyl (C=O) groups is 2. The van der Waals surface area contributed by atoms with Gasteiger partial charge in [0.25, 0.3) is 0 Å². The number of ether oxygens (including phenoxy) is 3. The summed E-state index contributed by atoms with van der Waals surface area (Å²) >= 11 is 0. The Balaban J connectivity index is 1.73. The number of rotatable bonds is 1. The molecule has 0 aromatic heterocycles. The van der Waals surface area contributed by atoms with E-state index < -0.39 is 11.2 Å². The fourth-order valence-electron chi connectivity index (χ4n) is 3.42. The number of hydrogen-bond donors (Lipinski definition) is 0. The van der Waals surface area contributed by atoms with Gasteiger partial charge >= 0.3 is 12.1 Å². The lowest BCUT2D eigenvalue weighted by Crippen LogP contribution is -2.50. The first-order chi connectivity index (χ1) is 12.6. The maximum atomic E-state index is 12.3. The largest absolute Gasteiger partial charge is 0.482 e. The minimum Gasteiger partial charge on any atom is -0.482 e. The number of esters is 1. The van der Waals surface area contributed by atoms with Crippen LogP contribution in [0.2, 0.25) is 0 Å². The molecule has 1 saturated heterocycles. The average Bonchev–Trinajstić information content (AvgIpc) is 2.60. The molecule has 1 spiro atoms. The molecule has 6 nitrogen and oxygen atoms in total. The van der Waals surface area contributed by atoms with Crippen LogP contribution in [0.4, 0.5) is 4.79 Å². The number of piperidine rings is 1. The Bertz CT molecular complexity index is 782. The normalized spacial score (nSPS) is 17.9. The van der Waals surface area contributed by atoms with Gasteiger partial charge in [-0.15, -0.1) is 0 Å². The predicted molar refractivity (Wildman–Crippen MR) is 102 cm³/mol. The molecule has 2 aliphatic rings. The van der Waals surface area contributed by atoms with Gasteiger partial charge in [-0.05, 0) is 51.5 Å². The number of benzene rings is 1. The van der Waals surface area contributed by atoms with Crippen molar-refractivity contribution in [3.8, 4) is 5.75 Å². The molecule has 2 heterocycles. The molecule has 27 heavy (non-hydrogen) atoms. The van der Waals surface area contributed by atoms with Gasteiger partial charge in [-0.2, -0.15) is 0 Å².